The summed E-state index contributed by atoms with van der Waals surface area (Å²) in [7, 11) is 4.51. The molecule has 2 heterocycles. The SMILES string of the molecule is COC(=O)c1c(NC(=O)CSc2ccccn2)sc(C(=O)N(C)C)c1C. The van der Waals surface area contributed by atoms with Crippen molar-refractivity contribution in [2.75, 3.05) is 32.3 Å². The Labute approximate surface area is 159 Å². The Balaban J connectivity index is 2.21. The molecule has 0 aliphatic heterocycles. The van der Waals surface area contributed by atoms with Crippen LogP contribution in [0.5, 0.6) is 0 Å². The molecule has 0 saturated carbocycles. The molecule has 0 unspecified atom stereocenters. The number of carbonyl (C=O) groups is 3. The standard InChI is InChI=1S/C17H19N3O4S2/c1-10-13(17(23)24-4)15(26-14(10)16(22)20(2)3)19-11(21)9-25-12-7-5-6-8-18-12/h5-8H,9H2,1-4H3,(H,19,21). The second kappa shape index (κ2) is 8.81. The quantitative estimate of drug-likeness (QED) is 0.600. The van der Waals surface area contributed by atoms with Crippen LogP contribution in [0.3, 0.4) is 0 Å². The van der Waals surface area contributed by atoms with Crippen LogP contribution < -0.4 is 5.32 Å². The van der Waals surface area contributed by atoms with Gasteiger partial charge in [0, 0.05) is 20.3 Å². The first-order valence-corrected chi connectivity index (χ1v) is 9.42. The maximum absolute atomic E-state index is 12.3. The molecule has 1 N–H and O–H groups in total. The average molecular weight is 393 g/mol. The van der Waals surface area contributed by atoms with Crippen LogP contribution in [0.2, 0.25) is 0 Å². The molecule has 0 spiro atoms. The first-order valence-electron chi connectivity index (χ1n) is 7.62. The fraction of sp³-hybridized carbons (Fsp3) is 0.294. The van der Waals surface area contributed by atoms with E-state index < -0.39 is 5.97 Å². The highest BCUT2D eigenvalue weighted by molar-refractivity contribution is 7.99. The summed E-state index contributed by atoms with van der Waals surface area (Å²) in [5.74, 6) is -0.993. The molecule has 0 aliphatic carbocycles. The lowest BCUT2D eigenvalue weighted by atomic mass is 10.1. The van der Waals surface area contributed by atoms with Gasteiger partial charge in [0.15, 0.2) is 0 Å². The lowest BCUT2D eigenvalue weighted by Gasteiger charge is -2.08. The minimum atomic E-state index is -0.593. The Morgan fingerprint density at radius 3 is 2.62 bits per heavy atom. The van der Waals surface area contributed by atoms with Crippen molar-refractivity contribution < 1.29 is 19.1 Å². The minimum Gasteiger partial charge on any atom is -0.465 e. The number of nitrogens with zero attached hydrogens (tertiary/aromatic N) is 2. The van der Waals surface area contributed by atoms with E-state index in [0.29, 0.717) is 15.4 Å². The third-order valence-electron chi connectivity index (χ3n) is 3.38. The van der Waals surface area contributed by atoms with Gasteiger partial charge in [-0.05, 0) is 24.6 Å². The predicted octanol–water partition coefficient (Wildman–Crippen LogP) is 2.67. The molecular weight excluding hydrogens is 374 g/mol. The monoisotopic (exact) mass is 393 g/mol. The van der Waals surface area contributed by atoms with Gasteiger partial charge in [-0.1, -0.05) is 17.8 Å². The number of rotatable bonds is 6. The Morgan fingerprint density at radius 1 is 1.31 bits per heavy atom. The van der Waals surface area contributed by atoms with Gasteiger partial charge in [0.25, 0.3) is 5.91 Å². The third kappa shape index (κ3) is 4.61. The van der Waals surface area contributed by atoms with Crippen molar-refractivity contribution in [3.05, 3.63) is 40.4 Å². The summed E-state index contributed by atoms with van der Waals surface area (Å²) >= 11 is 2.35. The van der Waals surface area contributed by atoms with Crippen molar-refractivity contribution >= 4 is 45.9 Å². The van der Waals surface area contributed by atoms with Gasteiger partial charge >= 0.3 is 5.97 Å². The highest BCUT2D eigenvalue weighted by Gasteiger charge is 2.27. The van der Waals surface area contributed by atoms with Gasteiger partial charge in [-0.2, -0.15) is 0 Å². The van der Waals surface area contributed by atoms with Crippen LogP contribution in [-0.2, 0) is 9.53 Å². The molecule has 9 heteroatoms. The highest BCUT2D eigenvalue weighted by Crippen LogP contribution is 2.34. The maximum atomic E-state index is 12.3. The number of thioether (sulfide) groups is 1. The van der Waals surface area contributed by atoms with Crippen LogP contribution >= 0.6 is 23.1 Å². The van der Waals surface area contributed by atoms with Crippen LogP contribution in [0.4, 0.5) is 5.00 Å². The molecule has 138 valence electrons. The zero-order chi connectivity index (χ0) is 19.3. The molecular formula is C17H19N3O4S2. The zero-order valence-corrected chi connectivity index (χ0v) is 16.5. The van der Waals surface area contributed by atoms with Crippen LogP contribution in [0.1, 0.15) is 25.6 Å². The summed E-state index contributed by atoms with van der Waals surface area (Å²) < 4.78 is 4.80. The number of esters is 1. The summed E-state index contributed by atoms with van der Waals surface area (Å²) in [4.78, 5) is 42.6. The third-order valence-corrected chi connectivity index (χ3v) is 5.52. The molecule has 0 aliphatic rings. The second-order valence-electron chi connectivity index (χ2n) is 5.46. The van der Waals surface area contributed by atoms with Gasteiger partial charge in [-0.25, -0.2) is 9.78 Å². The molecule has 2 amide bonds. The smallest absolute Gasteiger partial charge is 0.341 e. The molecule has 0 bridgehead atoms. The fourth-order valence-corrected chi connectivity index (χ4v) is 3.99. The molecule has 2 rings (SSSR count). The highest BCUT2D eigenvalue weighted by atomic mass is 32.2. The second-order valence-corrected chi connectivity index (χ2v) is 7.47. The number of nitrogens with one attached hydrogen (secondary N) is 1. The predicted molar refractivity (Wildman–Crippen MR) is 102 cm³/mol. The normalized spacial score (nSPS) is 10.3. The van der Waals surface area contributed by atoms with E-state index in [1.54, 1.807) is 39.3 Å². The van der Waals surface area contributed by atoms with Crippen molar-refractivity contribution in [1.29, 1.82) is 0 Å². The first kappa shape index (κ1) is 19.9. The summed E-state index contributed by atoms with van der Waals surface area (Å²) in [5, 5.41) is 3.75. The number of aromatic nitrogens is 1. The van der Waals surface area contributed by atoms with E-state index in [2.05, 4.69) is 10.3 Å². The summed E-state index contributed by atoms with van der Waals surface area (Å²) in [6, 6.07) is 5.44. The van der Waals surface area contributed by atoms with E-state index >= 15 is 0 Å². The molecule has 0 aromatic carbocycles. The molecule has 0 fully saturated rings. The Morgan fingerprint density at radius 2 is 2.04 bits per heavy atom. The van der Waals surface area contributed by atoms with E-state index in [9.17, 15) is 14.4 Å². The zero-order valence-electron chi connectivity index (χ0n) is 14.9. The topological polar surface area (TPSA) is 88.6 Å². The maximum Gasteiger partial charge on any atom is 0.341 e. The Kier molecular flexibility index (Phi) is 6.76. The van der Waals surface area contributed by atoms with E-state index in [0.717, 1.165) is 16.4 Å². The van der Waals surface area contributed by atoms with E-state index in [1.807, 2.05) is 6.07 Å². The summed E-state index contributed by atoms with van der Waals surface area (Å²) in [5.41, 5.74) is 0.701. The van der Waals surface area contributed by atoms with Gasteiger partial charge in [0.1, 0.15) is 5.00 Å². The molecule has 0 radical (unpaired) electrons. The number of amides is 2. The molecule has 2 aromatic rings. The number of thiophene rings is 1. The van der Waals surface area contributed by atoms with Gasteiger partial charge in [0.2, 0.25) is 5.91 Å². The molecule has 0 saturated heterocycles. The van der Waals surface area contributed by atoms with Crippen molar-refractivity contribution in [3.63, 3.8) is 0 Å². The van der Waals surface area contributed by atoms with Crippen LogP contribution in [0, 0.1) is 6.92 Å². The van der Waals surface area contributed by atoms with Crippen molar-refractivity contribution in [2.45, 2.75) is 11.9 Å². The van der Waals surface area contributed by atoms with E-state index in [-0.39, 0.29) is 23.1 Å². The Bertz CT molecular complexity index is 819. The minimum absolute atomic E-state index is 0.130. The molecule has 7 nitrogen and oxygen atoms in total. The molecule has 0 atom stereocenters. The lowest BCUT2D eigenvalue weighted by molar-refractivity contribution is -0.113. The number of methoxy groups -OCH3 is 1. The van der Waals surface area contributed by atoms with Crippen molar-refractivity contribution in [3.8, 4) is 0 Å². The number of ether oxygens (including phenoxy) is 1. The number of pyridine rings is 1. The first-order chi connectivity index (χ1) is 12.3. The molecule has 26 heavy (non-hydrogen) atoms. The van der Waals surface area contributed by atoms with Crippen molar-refractivity contribution in [2.24, 2.45) is 0 Å². The van der Waals surface area contributed by atoms with Gasteiger partial charge in [-0.15, -0.1) is 11.3 Å². The largest absolute Gasteiger partial charge is 0.465 e. The number of carbonyl (C=O) groups excluding carboxylic acids is 3. The number of hydrogen-bond donors (Lipinski definition) is 1. The number of anilines is 1. The van der Waals surface area contributed by atoms with Crippen LogP contribution in [0.15, 0.2) is 29.4 Å². The average Bonchev–Trinajstić information content (AvgIpc) is 2.95. The van der Waals surface area contributed by atoms with Gasteiger partial charge < -0.3 is 15.0 Å². The summed E-state index contributed by atoms with van der Waals surface area (Å²) in [6.45, 7) is 1.66. The van der Waals surface area contributed by atoms with Crippen molar-refractivity contribution in [1.82, 2.24) is 9.88 Å². The summed E-state index contributed by atoms with van der Waals surface area (Å²) in [6.07, 6.45) is 1.65. The van der Waals surface area contributed by atoms with Crippen LogP contribution in [-0.4, -0.2) is 54.6 Å². The lowest BCUT2D eigenvalue weighted by Crippen LogP contribution is -2.21. The molecule has 2 aromatic heterocycles. The Hall–Kier alpha value is -2.39. The van der Waals surface area contributed by atoms with Gasteiger partial charge in [-0.3, -0.25) is 9.59 Å². The fourth-order valence-electron chi connectivity index (χ4n) is 2.09. The van der Waals surface area contributed by atoms with E-state index in [1.165, 1.54) is 23.8 Å². The number of hydrogen-bond acceptors (Lipinski definition) is 7. The van der Waals surface area contributed by atoms with Crippen LogP contribution in [0.25, 0.3) is 0 Å². The van der Waals surface area contributed by atoms with E-state index in [4.69, 9.17) is 4.74 Å². The van der Waals surface area contributed by atoms with Gasteiger partial charge in [0.05, 0.1) is 28.3 Å².